The first-order chi connectivity index (χ1) is 9.08. The Bertz CT molecular complexity index is 603. The minimum absolute atomic E-state index is 0.150. The lowest BCUT2D eigenvalue weighted by Gasteiger charge is -2.10. The number of benzene rings is 1. The minimum Gasteiger partial charge on any atom is -0.347 e. The molecule has 0 fully saturated rings. The fourth-order valence-corrected chi connectivity index (χ4v) is 2.72. The number of Topliss-reactive ketones (excluding diaryl/α,β-unsaturated/α-hetero) is 1. The Hall–Kier alpha value is -1.13. The average molecular weight is 323 g/mol. The second kappa shape index (κ2) is 5.88. The number of halogens is 1. The number of carbonyl (C=O) groups is 1. The van der Waals surface area contributed by atoms with Gasteiger partial charge in [-0.15, -0.1) is 0 Å². The van der Waals surface area contributed by atoms with Crippen LogP contribution in [-0.2, 0) is 6.54 Å². The van der Waals surface area contributed by atoms with Crippen molar-refractivity contribution in [2.24, 2.45) is 0 Å². The molecule has 19 heavy (non-hydrogen) atoms. The van der Waals surface area contributed by atoms with E-state index < -0.39 is 0 Å². The first-order valence-corrected chi connectivity index (χ1v) is 7.43. The van der Waals surface area contributed by atoms with Crippen LogP contribution in [0, 0.1) is 0 Å². The SMILES string of the molecule is CCNC(C)C(=O)c1cn(CC)c2ccc(Br)cc12. The van der Waals surface area contributed by atoms with Crippen LogP contribution in [0.4, 0.5) is 0 Å². The molecule has 1 N–H and O–H groups in total. The molecule has 1 aromatic carbocycles. The topological polar surface area (TPSA) is 34.0 Å². The number of fused-ring (bicyclic) bond motifs is 1. The molecule has 1 unspecified atom stereocenters. The summed E-state index contributed by atoms with van der Waals surface area (Å²) in [5, 5.41) is 4.20. The van der Waals surface area contributed by atoms with Crippen LogP contribution in [0.2, 0.25) is 0 Å². The van der Waals surface area contributed by atoms with Gasteiger partial charge in [0.1, 0.15) is 0 Å². The van der Waals surface area contributed by atoms with Gasteiger partial charge < -0.3 is 9.88 Å². The molecule has 0 bridgehead atoms. The monoisotopic (exact) mass is 322 g/mol. The summed E-state index contributed by atoms with van der Waals surface area (Å²) in [6, 6.07) is 5.93. The number of aromatic nitrogens is 1. The van der Waals surface area contributed by atoms with Gasteiger partial charge in [-0.3, -0.25) is 4.79 Å². The van der Waals surface area contributed by atoms with E-state index in [4.69, 9.17) is 0 Å². The Morgan fingerprint density at radius 2 is 2.16 bits per heavy atom. The molecule has 1 aromatic heterocycles. The van der Waals surface area contributed by atoms with Crippen LogP contribution in [-0.4, -0.2) is 22.9 Å². The van der Waals surface area contributed by atoms with Crippen LogP contribution < -0.4 is 5.32 Å². The number of hydrogen-bond donors (Lipinski definition) is 1. The number of nitrogens with one attached hydrogen (secondary N) is 1. The average Bonchev–Trinajstić information content (AvgIpc) is 2.76. The van der Waals surface area contributed by atoms with Gasteiger partial charge in [0, 0.05) is 33.7 Å². The van der Waals surface area contributed by atoms with E-state index >= 15 is 0 Å². The Morgan fingerprint density at radius 1 is 1.42 bits per heavy atom. The molecule has 0 aliphatic heterocycles. The van der Waals surface area contributed by atoms with Crippen molar-refractivity contribution in [2.75, 3.05) is 6.54 Å². The molecular weight excluding hydrogens is 304 g/mol. The third-order valence-electron chi connectivity index (χ3n) is 3.35. The lowest BCUT2D eigenvalue weighted by molar-refractivity contribution is 0.0953. The van der Waals surface area contributed by atoms with E-state index in [9.17, 15) is 4.79 Å². The number of aryl methyl sites for hydroxylation is 1. The second-order valence-electron chi connectivity index (χ2n) is 4.63. The fraction of sp³-hybridized carbons (Fsp3) is 0.400. The smallest absolute Gasteiger partial charge is 0.181 e. The van der Waals surface area contributed by atoms with E-state index in [1.807, 2.05) is 32.2 Å². The van der Waals surface area contributed by atoms with Gasteiger partial charge in [0.15, 0.2) is 5.78 Å². The largest absolute Gasteiger partial charge is 0.347 e. The Balaban J connectivity index is 2.53. The highest BCUT2D eigenvalue weighted by Crippen LogP contribution is 2.26. The number of hydrogen-bond acceptors (Lipinski definition) is 2. The van der Waals surface area contributed by atoms with Gasteiger partial charge in [0.2, 0.25) is 0 Å². The summed E-state index contributed by atoms with van der Waals surface area (Å²) in [6.45, 7) is 7.67. The van der Waals surface area contributed by atoms with E-state index in [2.05, 4.69) is 38.8 Å². The van der Waals surface area contributed by atoms with Crippen LogP contribution in [0.3, 0.4) is 0 Å². The quantitative estimate of drug-likeness (QED) is 0.853. The molecule has 0 aliphatic rings. The summed E-state index contributed by atoms with van der Waals surface area (Å²) in [6.07, 6.45) is 1.97. The molecule has 4 heteroatoms. The first-order valence-electron chi connectivity index (χ1n) is 6.64. The normalized spacial score (nSPS) is 12.8. The predicted molar refractivity (Wildman–Crippen MR) is 82.8 cm³/mol. The van der Waals surface area contributed by atoms with Gasteiger partial charge >= 0.3 is 0 Å². The van der Waals surface area contributed by atoms with Gasteiger partial charge in [-0.2, -0.15) is 0 Å². The molecular formula is C15H19BrN2O. The number of carbonyl (C=O) groups excluding carboxylic acids is 1. The molecule has 0 amide bonds. The third kappa shape index (κ3) is 2.74. The van der Waals surface area contributed by atoms with Gasteiger partial charge in [0.05, 0.1) is 6.04 Å². The van der Waals surface area contributed by atoms with Crippen molar-refractivity contribution >= 4 is 32.6 Å². The van der Waals surface area contributed by atoms with E-state index in [0.717, 1.165) is 34.0 Å². The number of nitrogens with zero attached hydrogens (tertiary/aromatic N) is 1. The summed E-state index contributed by atoms with van der Waals surface area (Å²) in [4.78, 5) is 12.5. The van der Waals surface area contributed by atoms with E-state index in [1.165, 1.54) is 0 Å². The zero-order valence-electron chi connectivity index (χ0n) is 11.5. The highest BCUT2D eigenvalue weighted by atomic mass is 79.9. The van der Waals surface area contributed by atoms with Crippen molar-refractivity contribution in [3.8, 4) is 0 Å². The van der Waals surface area contributed by atoms with Gasteiger partial charge in [-0.05, 0) is 38.6 Å². The summed E-state index contributed by atoms with van der Waals surface area (Å²) < 4.78 is 3.12. The van der Waals surface area contributed by atoms with Crippen molar-refractivity contribution in [1.82, 2.24) is 9.88 Å². The van der Waals surface area contributed by atoms with Gasteiger partial charge in [0.25, 0.3) is 0 Å². The van der Waals surface area contributed by atoms with Crippen LogP contribution in [0.25, 0.3) is 10.9 Å². The van der Waals surface area contributed by atoms with Gasteiger partial charge in [-0.25, -0.2) is 0 Å². The van der Waals surface area contributed by atoms with Crippen LogP contribution in [0.5, 0.6) is 0 Å². The van der Waals surface area contributed by atoms with Crippen molar-refractivity contribution in [3.63, 3.8) is 0 Å². The highest BCUT2D eigenvalue weighted by Gasteiger charge is 2.19. The molecule has 102 valence electrons. The predicted octanol–water partition coefficient (Wildman–Crippen LogP) is 3.60. The number of ketones is 1. The maximum Gasteiger partial charge on any atom is 0.181 e. The van der Waals surface area contributed by atoms with E-state index in [0.29, 0.717) is 0 Å². The maximum atomic E-state index is 12.5. The molecule has 0 radical (unpaired) electrons. The van der Waals surface area contributed by atoms with Crippen molar-refractivity contribution in [1.29, 1.82) is 0 Å². The Kier molecular flexibility index (Phi) is 4.42. The highest BCUT2D eigenvalue weighted by molar-refractivity contribution is 9.10. The Morgan fingerprint density at radius 3 is 2.79 bits per heavy atom. The van der Waals surface area contributed by atoms with Crippen molar-refractivity contribution in [3.05, 3.63) is 34.4 Å². The van der Waals surface area contributed by atoms with Crippen LogP contribution in [0.1, 0.15) is 31.1 Å². The molecule has 0 saturated carbocycles. The molecule has 2 aromatic rings. The second-order valence-corrected chi connectivity index (χ2v) is 5.55. The number of likely N-dealkylation sites (N-methyl/N-ethyl adjacent to an activating group) is 1. The minimum atomic E-state index is -0.153. The van der Waals surface area contributed by atoms with Gasteiger partial charge in [-0.1, -0.05) is 22.9 Å². The molecule has 1 atom stereocenters. The van der Waals surface area contributed by atoms with Crippen molar-refractivity contribution in [2.45, 2.75) is 33.4 Å². The molecule has 2 rings (SSSR count). The van der Waals surface area contributed by atoms with Crippen LogP contribution >= 0.6 is 15.9 Å². The molecule has 0 saturated heterocycles. The van der Waals surface area contributed by atoms with Crippen molar-refractivity contribution < 1.29 is 4.79 Å². The summed E-state index contributed by atoms with van der Waals surface area (Å²) >= 11 is 3.48. The Labute approximate surface area is 122 Å². The molecule has 1 heterocycles. The lowest BCUT2D eigenvalue weighted by Crippen LogP contribution is -2.33. The molecule has 3 nitrogen and oxygen atoms in total. The lowest BCUT2D eigenvalue weighted by atomic mass is 10.0. The van der Waals surface area contributed by atoms with E-state index in [-0.39, 0.29) is 11.8 Å². The first kappa shape index (κ1) is 14.3. The maximum absolute atomic E-state index is 12.5. The molecule has 0 spiro atoms. The zero-order chi connectivity index (χ0) is 14.0. The summed E-state index contributed by atoms with van der Waals surface area (Å²) in [7, 11) is 0. The third-order valence-corrected chi connectivity index (χ3v) is 3.85. The zero-order valence-corrected chi connectivity index (χ0v) is 13.1. The molecule has 0 aliphatic carbocycles. The summed E-state index contributed by atoms with van der Waals surface area (Å²) in [5.74, 6) is 0.150. The standard InChI is InChI=1S/C15H19BrN2O/c1-4-17-10(3)15(19)13-9-18(5-2)14-7-6-11(16)8-12(13)14/h6-10,17H,4-5H2,1-3H3. The summed E-state index contributed by atoms with van der Waals surface area (Å²) in [5.41, 5.74) is 1.91. The fourth-order valence-electron chi connectivity index (χ4n) is 2.36. The van der Waals surface area contributed by atoms with Crippen LogP contribution in [0.15, 0.2) is 28.9 Å². The number of rotatable bonds is 5. The van der Waals surface area contributed by atoms with E-state index in [1.54, 1.807) is 0 Å².